The Labute approximate surface area is 135 Å². The number of anilines is 1. The lowest BCUT2D eigenvalue weighted by atomic mass is 10.1. The minimum absolute atomic E-state index is 0.0215. The molecule has 0 saturated carbocycles. The first-order valence-corrected chi connectivity index (χ1v) is 7.97. The van der Waals surface area contributed by atoms with Gasteiger partial charge < -0.3 is 14.8 Å². The summed E-state index contributed by atoms with van der Waals surface area (Å²) in [4.78, 5) is 19.2. The number of aryl methyl sites for hydroxylation is 1. The van der Waals surface area contributed by atoms with Gasteiger partial charge in [-0.05, 0) is 51.8 Å². The summed E-state index contributed by atoms with van der Waals surface area (Å²) >= 11 is 0. The van der Waals surface area contributed by atoms with E-state index in [0.29, 0.717) is 0 Å². The second kappa shape index (κ2) is 5.51. The highest BCUT2D eigenvalue weighted by Gasteiger charge is 2.34. The largest absolute Gasteiger partial charge is 0.350 e. The Morgan fingerprint density at radius 1 is 1.39 bits per heavy atom. The van der Waals surface area contributed by atoms with Crippen molar-refractivity contribution in [3.63, 3.8) is 0 Å². The van der Waals surface area contributed by atoms with E-state index in [1.807, 2.05) is 37.3 Å². The molecule has 6 heteroatoms. The van der Waals surface area contributed by atoms with E-state index in [1.165, 1.54) is 12.1 Å². The van der Waals surface area contributed by atoms with E-state index < -0.39 is 0 Å². The number of imidazole rings is 1. The number of hydrogen-bond acceptors (Lipinski definition) is 3. The fourth-order valence-electron chi connectivity index (χ4n) is 3.14. The molecule has 1 fully saturated rings. The molecular formula is C17H23FN4O. The Balaban J connectivity index is 1.94. The number of aromatic nitrogens is 2. The summed E-state index contributed by atoms with van der Waals surface area (Å²) in [6.07, 6.45) is 1.75. The fraction of sp³-hybridized carbons (Fsp3) is 0.529. The molecule has 1 unspecified atom stereocenters. The second-order valence-corrected chi connectivity index (χ2v) is 7.19. The van der Waals surface area contributed by atoms with Crippen LogP contribution in [0.5, 0.6) is 0 Å². The molecule has 1 N–H and O–H groups in total. The lowest BCUT2D eigenvalue weighted by Crippen LogP contribution is -2.50. The zero-order chi connectivity index (χ0) is 16.8. The Morgan fingerprint density at radius 3 is 2.83 bits per heavy atom. The number of amides is 1. The van der Waals surface area contributed by atoms with Gasteiger partial charge in [-0.25, -0.2) is 9.37 Å². The molecule has 0 radical (unpaired) electrons. The summed E-state index contributed by atoms with van der Waals surface area (Å²) in [7, 11) is 1.86. The number of nitrogens with one attached hydrogen (secondary N) is 1. The number of fused-ring (bicyclic) bond motifs is 1. The molecule has 1 aromatic heterocycles. The Kier molecular flexibility index (Phi) is 3.78. The zero-order valence-corrected chi connectivity index (χ0v) is 14.1. The molecule has 1 aliphatic rings. The number of carbonyl (C=O) groups is 1. The molecule has 124 valence electrons. The molecule has 1 aliphatic heterocycles. The van der Waals surface area contributed by atoms with E-state index in [1.54, 1.807) is 6.07 Å². The predicted octanol–water partition coefficient (Wildman–Crippen LogP) is 2.60. The maximum Gasteiger partial charge on any atom is 0.243 e. The first-order chi connectivity index (χ1) is 10.8. The third-order valence-corrected chi connectivity index (χ3v) is 4.13. The van der Waals surface area contributed by atoms with Crippen LogP contribution in [-0.4, -0.2) is 33.6 Å². The van der Waals surface area contributed by atoms with Crippen molar-refractivity contribution in [2.75, 3.05) is 11.4 Å². The average molecular weight is 318 g/mol. The molecule has 1 atom stereocenters. The van der Waals surface area contributed by atoms with Gasteiger partial charge in [-0.1, -0.05) is 0 Å². The Morgan fingerprint density at radius 2 is 2.13 bits per heavy atom. The van der Waals surface area contributed by atoms with Gasteiger partial charge in [0.05, 0.1) is 11.0 Å². The number of nitrogens with zero attached hydrogens (tertiary/aromatic N) is 3. The summed E-state index contributed by atoms with van der Waals surface area (Å²) in [5.41, 5.74) is 1.22. The minimum Gasteiger partial charge on any atom is -0.350 e. The molecule has 1 aromatic carbocycles. The van der Waals surface area contributed by atoms with Crippen LogP contribution < -0.4 is 10.2 Å². The highest BCUT2D eigenvalue weighted by atomic mass is 19.1. The quantitative estimate of drug-likeness (QED) is 0.926. The lowest BCUT2D eigenvalue weighted by molar-refractivity contribution is -0.123. The zero-order valence-electron chi connectivity index (χ0n) is 14.1. The van der Waals surface area contributed by atoms with Crippen molar-refractivity contribution in [1.29, 1.82) is 0 Å². The molecule has 1 amide bonds. The van der Waals surface area contributed by atoms with Crippen LogP contribution in [0.2, 0.25) is 0 Å². The van der Waals surface area contributed by atoms with Gasteiger partial charge in [-0.15, -0.1) is 0 Å². The van der Waals surface area contributed by atoms with E-state index >= 15 is 0 Å². The topological polar surface area (TPSA) is 50.2 Å². The molecule has 5 nitrogen and oxygen atoms in total. The molecule has 0 aliphatic carbocycles. The highest BCUT2D eigenvalue weighted by molar-refractivity contribution is 5.87. The summed E-state index contributed by atoms with van der Waals surface area (Å²) in [5.74, 6) is 0.459. The van der Waals surface area contributed by atoms with Gasteiger partial charge in [-0.2, -0.15) is 0 Å². The normalized spacial score (nSPS) is 18.7. The lowest BCUT2D eigenvalue weighted by Gasteiger charge is -2.28. The first-order valence-electron chi connectivity index (χ1n) is 7.97. The number of halogens is 1. The van der Waals surface area contributed by atoms with Crippen LogP contribution in [0.1, 0.15) is 33.6 Å². The molecule has 1 saturated heterocycles. The van der Waals surface area contributed by atoms with Crippen LogP contribution in [0.3, 0.4) is 0 Å². The molecule has 2 heterocycles. The van der Waals surface area contributed by atoms with Crippen LogP contribution >= 0.6 is 0 Å². The summed E-state index contributed by atoms with van der Waals surface area (Å²) in [5, 5.41) is 3.05. The third kappa shape index (κ3) is 3.02. The predicted molar refractivity (Wildman–Crippen MR) is 88.9 cm³/mol. The van der Waals surface area contributed by atoms with Gasteiger partial charge in [0, 0.05) is 19.1 Å². The van der Waals surface area contributed by atoms with Crippen LogP contribution in [0, 0.1) is 5.82 Å². The molecule has 2 aromatic rings. The van der Waals surface area contributed by atoms with Crippen molar-refractivity contribution in [2.45, 2.75) is 45.2 Å². The van der Waals surface area contributed by atoms with E-state index in [0.717, 1.165) is 36.4 Å². The SMILES string of the molecule is Cn1c(N2CCCC2C(=O)NC(C)(C)C)nc2ccc(F)cc21. The van der Waals surface area contributed by atoms with Crippen molar-refractivity contribution < 1.29 is 9.18 Å². The molecule has 0 bridgehead atoms. The summed E-state index contributed by atoms with van der Waals surface area (Å²) in [6.45, 7) is 6.70. The van der Waals surface area contributed by atoms with E-state index in [9.17, 15) is 9.18 Å². The summed E-state index contributed by atoms with van der Waals surface area (Å²) < 4.78 is 15.3. The monoisotopic (exact) mass is 318 g/mol. The van der Waals surface area contributed by atoms with Crippen LogP contribution in [0.15, 0.2) is 18.2 Å². The number of carbonyl (C=O) groups excluding carboxylic acids is 1. The average Bonchev–Trinajstić information content (AvgIpc) is 3.02. The van der Waals surface area contributed by atoms with Crippen LogP contribution in [-0.2, 0) is 11.8 Å². The maximum atomic E-state index is 13.5. The van der Waals surface area contributed by atoms with Gasteiger partial charge in [0.15, 0.2) is 0 Å². The van der Waals surface area contributed by atoms with Crippen LogP contribution in [0.4, 0.5) is 10.3 Å². The molecular weight excluding hydrogens is 295 g/mol. The smallest absolute Gasteiger partial charge is 0.243 e. The highest BCUT2D eigenvalue weighted by Crippen LogP contribution is 2.28. The standard InChI is InChI=1S/C17H23FN4O/c1-17(2,3)20-15(23)13-6-5-9-22(13)16-19-12-8-7-11(18)10-14(12)21(16)4/h7-8,10,13H,5-6,9H2,1-4H3,(H,20,23). The van der Waals surface area contributed by atoms with Crippen LogP contribution in [0.25, 0.3) is 11.0 Å². The summed E-state index contributed by atoms with van der Waals surface area (Å²) in [6, 6.07) is 4.34. The van der Waals surface area contributed by atoms with E-state index in [4.69, 9.17) is 0 Å². The van der Waals surface area contributed by atoms with Crippen molar-refractivity contribution in [3.8, 4) is 0 Å². The van der Waals surface area contributed by atoms with E-state index in [2.05, 4.69) is 10.3 Å². The van der Waals surface area contributed by atoms with Gasteiger partial charge in [0.25, 0.3) is 0 Å². The van der Waals surface area contributed by atoms with E-state index in [-0.39, 0.29) is 23.3 Å². The number of benzene rings is 1. The van der Waals surface area contributed by atoms with Gasteiger partial charge >= 0.3 is 0 Å². The van der Waals surface area contributed by atoms with Crippen molar-refractivity contribution in [1.82, 2.24) is 14.9 Å². The van der Waals surface area contributed by atoms with Crippen molar-refractivity contribution >= 4 is 22.9 Å². The van der Waals surface area contributed by atoms with Crippen molar-refractivity contribution in [3.05, 3.63) is 24.0 Å². The molecule has 23 heavy (non-hydrogen) atoms. The van der Waals surface area contributed by atoms with Crippen molar-refractivity contribution in [2.24, 2.45) is 7.05 Å². The number of rotatable bonds is 2. The molecule has 3 rings (SSSR count). The Hall–Kier alpha value is -2.11. The number of hydrogen-bond donors (Lipinski definition) is 1. The van der Waals surface area contributed by atoms with Gasteiger partial charge in [-0.3, -0.25) is 4.79 Å². The molecule has 0 spiro atoms. The first kappa shape index (κ1) is 15.8. The minimum atomic E-state index is -0.282. The van der Waals surface area contributed by atoms with Gasteiger partial charge in [0.2, 0.25) is 11.9 Å². The fourth-order valence-corrected chi connectivity index (χ4v) is 3.14. The third-order valence-electron chi connectivity index (χ3n) is 4.13. The maximum absolute atomic E-state index is 13.5. The second-order valence-electron chi connectivity index (χ2n) is 7.19. The van der Waals surface area contributed by atoms with Gasteiger partial charge in [0.1, 0.15) is 11.9 Å². The Bertz CT molecular complexity index is 747.